The third-order valence-corrected chi connectivity index (χ3v) is 3.04. The lowest BCUT2D eigenvalue weighted by molar-refractivity contribution is 0.621. The summed E-state index contributed by atoms with van der Waals surface area (Å²) in [5, 5.41) is 3.08. The lowest BCUT2D eigenvalue weighted by atomic mass is 10.3. The number of halogens is 2. The van der Waals surface area contributed by atoms with Crippen LogP contribution in [0.25, 0.3) is 0 Å². The highest BCUT2D eigenvalue weighted by molar-refractivity contribution is 9.10. The van der Waals surface area contributed by atoms with Crippen molar-refractivity contribution in [2.45, 2.75) is 13.3 Å². The molecule has 19 heavy (non-hydrogen) atoms. The highest BCUT2D eigenvalue weighted by Gasteiger charge is 2.05. The molecule has 5 nitrogen and oxygen atoms in total. The third kappa shape index (κ3) is 3.39. The van der Waals surface area contributed by atoms with E-state index in [9.17, 15) is 4.39 Å². The van der Waals surface area contributed by atoms with E-state index in [-0.39, 0.29) is 5.82 Å². The molecular weight excluding hydrogens is 313 g/mol. The normalized spacial score (nSPS) is 10.3. The first-order chi connectivity index (χ1) is 9.12. The summed E-state index contributed by atoms with van der Waals surface area (Å²) in [4.78, 5) is 8.51. The Morgan fingerprint density at radius 3 is 2.63 bits per heavy atom. The van der Waals surface area contributed by atoms with E-state index in [1.165, 1.54) is 6.07 Å². The van der Waals surface area contributed by atoms with Crippen LogP contribution in [0.15, 0.2) is 28.7 Å². The highest BCUT2D eigenvalue weighted by atomic mass is 79.9. The minimum Gasteiger partial charge on any atom is -0.340 e. The van der Waals surface area contributed by atoms with Crippen LogP contribution in [0.1, 0.15) is 12.7 Å². The van der Waals surface area contributed by atoms with Crippen LogP contribution < -0.4 is 16.6 Å². The third-order valence-electron chi connectivity index (χ3n) is 2.43. The van der Waals surface area contributed by atoms with Gasteiger partial charge in [-0.2, -0.15) is 0 Å². The lowest BCUT2D eigenvalue weighted by Crippen LogP contribution is -2.11. The van der Waals surface area contributed by atoms with Crippen molar-refractivity contribution < 1.29 is 4.39 Å². The number of hydrogen-bond acceptors (Lipinski definition) is 5. The predicted molar refractivity (Wildman–Crippen MR) is 76.6 cm³/mol. The van der Waals surface area contributed by atoms with Crippen molar-refractivity contribution in [3.8, 4) is 0 Å². The largest absolute Gasteiger partial charge is 0.340 e. The van der Waals surface area contributed by atoms with E-state index in [0.717, 1.165) is 5.69 Å². The highest BCUT2D eigenvalue weighted by Crippen LogP contribution is 2.23. The summed E-state index contributed by atoms with van der Waals surface area (Å²) in [6.45, 7) is 1.95. The van der Waals surface area contributed by atoms with E-state index in [1.54, 1.807) is 18.2 Å². The summed E-state index contributed by atoms with van der Waals surface area (Å²) < 4.78 is 13.5. The fourth-order valence-corrected chi connectivity index (χ4v) is 1.89. The van der Waals surface area contributed by atoms with Crippen LogP contribution in [0.4, 0.5) is 21.7 Å². The Balaban J connectivity index is 2.29. The molecule has 7 heteroatoms. The number of aromatic nitrogens is 2. The fraction of sp³-hybridized carbons (Fsp3) is 0.167. The van der Waals surface area contributed by atoms with Gasteiger partial charge in [0.1, 0.15) is 23.3 Å². The Labute approximate surface area is 118 Å². The van der Waals surface area contributed by atoms with E-state index >= 15 is 0 Å². The first kappa shape index (κ1) is 13.7. The summed E-state index contributed by atoms with van der Waals surface area (Å²) in [5.74, 6) is 6.83. The van der Waals surface area contributed by atoms with Gasteiger partial charge < -0.3 is 10.7 Å². The van der Waals surface area contributed by atoms with Crippen molar-refractivity contribution in [2.24, 2.45) is 5.84 Å². The quantitative estimate of drug-likeness (QED) is 0.595. The number of anilines is 3. The second-order valence-electron chi connectivity index (χ2n) is 3.81. The molecule has 1 heterocycles. The molecule has 0 aliphatic carbocycles. The summed E-state index contributed by atoms with van der Waals surface area (Å²) in [7, 11) is 0. The van der Waals surface area contributed by atoms with Gasteiger partial charge in [0.2, 0.25) is 0 Å². The lowest BCUT2D eigenvalue weighted by Gasteiger charge is -2.09. The maximum Gasteiger partial charge on any atom is 0.145 e. The van der Waals surface area contributed by atoms with Gasteiger partial charge in [-0.1, -0.05) is 6.92 Å². The molecule has 1 aromatic heterocycles. The number of nitrogens with two attached hydrogens (primary N) is 1. The van der Waals surface area contributed by atoms with Crippen LogP contribution in [-0.4, -0.2) is 9.97 Å². The number of benzene rings is 1. The number of rotatable bonds is 4. The zero-order chi connectivity index (χ0) is 13.8. The number of hydrogen-bond donors (Lipinski definition) is 3. The maximum atomic E-state index is 13.1. The molecule has 2 aromatic rings. The van der Waals surface area contributed by atoms with Crippen LogP contribution in [0, 0.1) is 5.82 Å². The van der Waals surface area contributed by atoms with Crippen molar-refractivity contribution in [3.63, 3.8) is 0 Å². The van der Waals surface area contributed by atoms with E-state index < -0.39 is 0 Å². The molecule has 4 N–H and O–H groups in total. The molecule has 2 rings (SSSR count). The Morgan fingerprint density at radius 1 is 1.26 bits per heavy atom. The molecule has 1 aromatic carbocycles. The van der Waals surface area contributed by atoms with Gasteiger partial charge in [-0.15, -0.1) is 0 Å². The average Bonchev–Trinajstić information content (AvgIpc) is 2.42. The molecule has 0 bridgehead atoms. The van der Waals surface area contributed by atoms with Gasteiger partial charge in [-0.3, -0.25) is 0 Å². The number of aryl methyl sites for hydroxylation is 1. The van der Waals surface area contributed by atoms with E-state index in [0.29, 0.717) is 28.4 Å². The molecule has 0 aliphatic heterocycles. The average molecular weight is 326 g/mol. The molecule has 0 unspecified atom stereocenters. The van der Waals surface area contributed by atoms with Gasteiger partial charge in [0.05, 0.1) is 4.47 Å². The van der Waals surface area contributed by atoms with E-state index in [2.05, 4.69) is 36.6 Å². The molecule has 0 radical (unpaired) electrons. The Morgan fingerprint density at radius 2 is 2.00 bits per heavy atom. The molecule has 0 aliphatic rings. The molecule has 100 valence electrons. The topological polar surface area (TPSA) is 75.9 Å². The second-order valence-corrected chi connectivity index (χ2v) is 4.66. The molecular formula is C12H13BrFN5. The number of nitrogens with zero attached hydrogens (tertiary/aromatic N) is 2. The van der Waals surface area contributed by atoms with Gasteiger partial charge in [-0.05, 0) is 34.1 Å². The molecule has 0 saturated heterocycles. The summed E-state index contributed by atoms with van der Waals surface area (Å²) in [5.41, 5.74) is 3.21. The molecule has 0 amide bonds. The number of hydrazine groups is 1. The molecule has 0 saturated carbocycles. The van der Waals surface area contributed by atoms with Crippen LogP contribution in [0.2, 0.25) is 0 Å². The summed E-state index contributed by atoms with van der Waals surface area (Å²) in [6.07, 6.45) is 0.692. The first-order valence-electron chi connectivity index (χ1n) is 5.69. The van der Waals surface area contributed by atoms with Gasteiger partial charge in [0.15, 0.2) is 0 Å². The van der Waals surface area contributed by atoms with Crippen molar-refractivity contribution in [1.29, 1.82) is 0 Å². The van der Waals surface area contributed by atoms with E-state index in [1.807, 2.05) is 6.92 Å². The summed E-state index contributed by atoms with van der Waals surface area (Å²) in [6, 6.07) is 6.31. The van der Waals surface area contributed by atoms with Gasteiger partial charge in [-0.25, -0.2) is 20.2 Å². The minimum absolute atomic E-state index is 0.313. The zero-order valence-electron chi connectivity index (χ0n) is 10.2. The van der Waals surface area contributed by atoms with Crippen LogP contribution >= 0.6 is 15.9 Å². The molecule has 0 spiro atoms. The first-order valence-corrected chi connectivity index (χ1v) is 6.48. The monoisotopic (exact) mass is 325 g/mol. The smallest absolute Gasteiger partial charge is 0.145 e. The Bertz CT molecular complexity index is 568. The second kappa shape index (κ2) is 5.94. The zero-order valence-corrected chi connectivity index (χ0v) is 11.8. The Kier molecular flexibility index (Phi) is 4.28. The fourth-order valence-electron chi connectivity index (χ4n) is 1.51. The SMILES string of the molecule is CCc1nc(NN)cc(Nc2ccc(F)c(Br)c2)n1. The molecule has 0 fully saturated rings. The molecule has 0 atom stereocenters. The van der Waals surface area contributed by atoms with Crippen LogP contribution in [0.5, 0.6) is 0 Å². The van der Waals surface area contributed by atoms with Gasteiger partial charge in [0, 0.05) is 18.2 Å². The number of nitrogens with one attached hydrogen (secondary N) is 2. The minimum atomic E-state index is -0.313. The van der Waals surface area contributed by atoms with Crippen LogP contribution in [0.3, 0.4) is 0 Å². The van der Waals surface area contributed by atoms with Gasteiger partial charge in [0.25, 0.3) is 0 Å². The van der Waals surface area contributed by atoms with Gasteiger partial charge >= 0.3 is 0 Å². The summed E-state index contributed by atoms with van der Waals surface area (Å²) >= 11 is 3.14. The van der Waals surface area contributed by atoms with Crippen molar-refractivity contribution in [1.82, 2.24) is 9.97 Å². The van der Waals surface area contributed by atoms with Crippen LogP contribution in [-0.2, 0) is 6.42 Å². The maximum absolute atomic E-state index is 13.1. The number of nitrogen functional groups attached to an aromatic ring is 1. The Hall–Kier alpha value is -1.73. The van der Waals surface area contributed by atoms with E-state index in [4.69, 9.17) is 5.84 Å². The standard InChI is InChI=1S/C12H13BrFN5/c1-2-10-17-11(6-12(18-10)19-15)16-7-3-4-9(14)8(13)5-7/h3-6H,2,15H2,1H3,(H2,16,17,18,19). The predicted octanol–water partition coefficient (Wildman–Crippen LogP) is 2.97. The van der Waals surface area contributed by atoms with Crippen molar-refractivity contribution >= 4 is 33.3 Å². The van der Waals surface area contributed by atoms with Crippen molar-refractivity contribution in [2.75, 3.05) is 10.7 Å². The van der Waals surface area contributed by atoms with Crippen molar-refractivity contribution in [3.05, 3.63) is 40.4 Å².